The second-order valence-corrected chi connectivity index (χ2v) is 8.61. The van der Waals surface area contributed by atoms with Gasteiger partial charge in [-0.25, -0.2) is 9.97 Å². The lowest BCUT2D eigenvalue weighted by molar-refractivity contribution is 0.0945. The zero-order valence-corrected chi connectivity index (χ0v) is 18.6. The molecule has 3 aromatic heterocycles. The molecule has 6 aromatic rings. The Balaban J connectivity index is 1.36. The number of aromatic amines is 1. The van der Waals surface area contributed by atoms with E-state index in [1.165, 1.54) is 0 Å². The predicted molar refractivity (Wildman–Crippen MR) is 136 cm³/mol. The van der Waals surface area contributed by atoms with Gasteiger partial charge in [0.2, 0.25) is 0 Å². The van der Waals surface area contributed by atoms with Gasteiger partial charge in [-0.15, -0.1) is 0 Å². The molecular formula is C29H19N5O. The van der Waals surface area contributed by atoms with Crippen molar-refractivity contribution in [3.8, 4) is 22.4 Å². The molecule has 3 heterocycles. The largest absolute Gasteiger partial charge is 0.346 e. The summed E-state index contributed by atoms with van der Waals surface area (Å²) in [5, 5.41) is 4.08. The second-order valence-electron chi connectivity index (χ2n) is 8.61. The number of para-hydroxylation sites is 2. The van der Waals surface area contributed by atoms with Crippen LogP contribution in [0.25, 0.3) is 44.5 Å². The van der Waals surface area contributed by atoms with Crippen molar-refractivity contribution >= 4 is 28.0 Å². The summed E-state index contributed by atoms with van der Waals surface area (Å²) in [7, 11) is 0. The minimum absolute atomic E-state index is 0.138. The first-order valence-corrected chi connectivity index (χ1v) is 11.5. The molecule has 1 aliphatic rings. The van der Waals surface area contributed by atoms with Crippen molar-refractivity contribution in [2.45, 2.75) is 6.04 Å². The number of hydrogen-bond acceptors (Lipinski definition) is 4. The summed E-state index contributed by atoms with van der Waals surface area (Å²) in [6.45, 7) is 0. The Morgan fingerprint density at radius 3 is 2.54 bits per heavy atom. The van der Waals surface area contributed by atoms with Gasteiger partial charge in [0, 0.05) is 23.3 Å². The molecule has 0 saturated carbocycles. The fourth-order valence-electron chi connectivity index (χ4n) is 5.08. The number of pyridine rings is 1. The number of nitrogens with one attached hydrogen (secondary N) is 2. The van der Waals surface area contributed by atoms with Gasteiger partial charge >= 0.3 is 0 Å². The number of fused-ring (bicyclic) bond motifs is 5. The van der Waals surface area contributed by atoms with Gasteiger partial charge in [-0.05, 0) is 46.5 Å². The van der Waals surface area contributed by atoms with Gasteiger partial charge in [0.1, 0.15) is 5.65 Å². The number of rotatable bonds is 3. The summed E-state index contributed by atoms with van der Waals surface area (Å²) in [6.07, 6.45) is 5.28. The van der Waals surface area contributed by atoms with Crippen LogP contribution in [0.1, 0.15) is 27.5 Å². The summed E-state index contributed by atoms with van der Waals surface area (Å²) in [5.74, 6) is -0.138. The molecule has 1 amide bonds. The average molecular weight is 454 g/mol. The van der Waals surface area contributed by atoms with Crippen LogP contribution >= 0.6 is 0 Å². The number of amides is 1. The highest BCUT2D eigenvalue weighted by atomic mass is 16.1. The number of benzene rings is 3. The Morgan fingerprint density at radius 1 is 0.800 bits per heavy atom. The van der Waals surface area contributed by atoms with Crippen molar-refractivity contribution in [1.29, 1.82) is 0 Å². The summed E-state index contributed by atoms with van der Waals surface area (Å²) < 4.78 is 0. The highest BCUT2D eigenvalue weighted by Crippen LogP contribution is 2.47. The van der Waals surface area contributed by atoms with Crippen LogP contribution in [0.2, 0.25) is 0 Å². The number of carbonyl (C=O) groups is 1. The molecule has 2 N–H and O–H groups in total. The molecule has 1 unspecified atom stereocenters. The molecule has 7 rings (SSSR count). The normalized spacial score (nSPS) is 14.1. The van der Waals surface area contributed by atoms with Crippen molar-refractivity contribution in [3.05, 3.63) is 114 Å². The van der Waals surface area contributed by atoms with E-state index in [-0.39, 0.29) is 11.9 Å². The molecule has 0 aliphatic heterocycles. The van der Waals surface area contributed by atoms with Gasteiger partial charge in [0.05, 0.1) is 34.5 Å². The standard InChI is InChI=1S/C29H19N5O/c35-29(20-13-15-31-28-19(20)12-14-30-28)34-27-18-7-2-1-6-17(18)26-21(8-5-9-22(26)27)25-16-32-23-10-3-4-11-24(23)33-25/h1-16,27H,(H,30,31)(H,34,35). The average Bonchev–Trinajstić information content (AvgIpc) is 3.51. The lowest BCUT2D eigenvalue weighted by atomic mass is 9.97. The minimum atomic E-state index is -0.274. The summed E-state index contributed by atoms with van der Waals surface area (Å²) in [5.41, 5.74) is 9.12. The molecule has 35 heavy (non-hydrogen) atoms. The van der Waals surface area contributed by atoms with Crippen LogP contribution in [-0.4, -0.2) is 25.8 Å². The number of aromatic nitrogens is 4. The van der Waals surface area contributed by atoms with E-state index in [0.717, 1.165) is 49.9 Å². The smallest absolute Gasteiger partial charge is 0.252 e. The highest BCUT2D eigenvalue weighted by Gasteiger charge is 2.32. The SMILES string of the molecule is O=C(NC1c2ccccc2-c2c(-c3cnc4ccccc4n3)cccc21)c1ccnc2[nH]ccc12. The predicted octanol–water partition coefficient (Wildman–Crippen LogP) is 5.67. The fourth-order valence-corrected chi connectivity index (χ4v) is 5.08. The number of carbonyl (C=O) groups excluding carboxylic acids is 1. The second kappa shape index (κ2) is 7.60. The molecule has 0 spiro atoms. The van der Waals surface area contributed by atoms with Gasteiger partial charge in [-0.1, -0.05) is 54.6 Å². The van der Waals surface area contributed by atoms with Crippen LogP contribution in [0.15, 0.2) is 97.5 Å². The van der Waals surface area contributed by atoms with Gasteiger partial charge < -0.3 is 10.3 Å². The maximum Gasteiger partial charge on any atom is 0.252 e. The Hall–Kier alpha value is -4.84. The van der Waals surface area contributed by atoms with Crippen LogP contribution in [-0.2, 0) is 0 Å². The molecule has 0 bridgehead atoms. The summed E-state index contributed by atoms with van der Waals surface area (Å²) in [4.78, 5) is 30.4. The monoisotopic (exact) mass is 453 g/mol. The first kappa shape index (κ1) is 19.6. The van der Waals surface area contributed by atoms with Crippen molar-refractivity contribution in [1.82, 2.24) is 25.3 Å². The van der Waals surface area contributed by atoms with E-state index in [4.69, 9.17) is 4.98 Å². The first-order valence-electron chi connectivity index (χ1n) is 11.5. The molecule has 166 valence electrons. The fraction of sp³-hybridized carbons (Fsp3) is 0.0345. The van der Waals surface area contributed by atoms with Crippen LogP contribution in [0, 0.1) is 0 Å². The quantitative estimate of drug-likeness (QED) is 0.361. The third-order valence-corrected chi connectivity index (χ3v) is 6.65. The Labute approximate surface area is 200 Å². The van der Waals surface area contributed by atoms with Crippen molar-refractivity contribution in [2.75, 3.05) is 0 Å². The van der Waals surface area contributed by atoms with E-state index in [1.807, 2.05) is 54.7 Å². The molecule has 0 fully saturated rings. The lowest BCUT2D eigenvalue weighted by Gasteiger charge is -2.17. The van der Waals surface area contributed by atoms with Gasteiger partial charge in [0.25, 0.3) is 5.91 Å². The van der Waals surface area contributed by atoms with Crippen LogP contribution in [0.5, 0.6) is 0 Å². The first-order chi connectivity index (χ1) is 17.3. The maximum atomic E-state index is 13.5. The third-order valence-electron chi connectivity index (χ3n) is 6.65. The molecule has 6 heteroatoms. The zero-order chi connectivity index (χ0) is 23.4. The van der Waals surface area contributed by atoms with Gasteiger partial charge in [-0.2, -0.15) is 0 Å². The number of H-pyrrole nitrogens is 1. The molecule has 3 aromatic carbocycles. The van der Waals surface area contributed by atoms with Crippen LogP contribution in [0.4, 0.5) is 0 Å². The highest BCUT2D eigenvalue weighted by molar-refractivity contribution is 6.06. The lowest BCUT2D eigenvalue weighted by Crippen LogP contribution is -2.28. The molecule has 1 atom stereocenters. The third kappa shape index (κ3) is 3.04. The van der Waals surface area contributed by atoms with E-state index in [0.29, 0.717) is 11.2 Å². The maximum absolute atomic E-state index is 13.5. The molecule has 1 aliphatic carbocycles. The van der Waals surface area contributed by atoms with E-state index in [9.17, 15) is 4.79 Å². The molecule has 0 saturated heterocycles. The summed E-state index contributed by atoms with van der Waals surface area (Å²) in [6, 6.07) is 25.6. The van der Waals surface area contributed by atoms with Crippen LogP contribution < -0.4 is 5.32 Å². The van der Waals surface area contributed by atoms with Crippen molar-refractivity contribution < 1.29 is 4.79 Å². The minimum Gasteiger partial charge on any atom is -0.346 e. The van der Waals surface area contributed by atoms with E-state index < -0.39 is 0 Å². The van der Waals surface area contributed by atoms with E-state index >= 15 is 0 Å². The zero-order valence-electron chi connectivity index (χ0n) is 18.6. The van der Waals surface area contributed by atoms with Gasteiger partial charge in [-0.3, -0.25) is 9.78 Å². The van der Waals surface area contributed by atoms with Gasteiger partial charge in [0.15, 0.2) is 0 Å². The number of nitrogens with zero attached hydrogens (tertiary/aromatic N) is 3. The van der Waals surface area contributed by atoms with Crippen molar-refractivity contribution in [2.24, 2.45) is 0 Å². The van der Waals surface area contributed by atoms with Crippen LogP contribution in [0.3, 0.4) is 0 Å². The summed E-state index contributed by atoms with van der Waals surface area (Å²) >= 11 is 0. The van der Waals surface area contributed by atoms with E-state index in [1.54, 1.807) is 18.5 Å². The molecular weight excluding hydrogens is 434 g/mol. The molecule has 6 nitrogen and oxygen atoms in total. The number of hydrogen-bond donors (Lipinski definition) is 2. The Morgan fingerprint density at radius 2 is 1.60 bits per heavy atom. The van der Waals surface area contributed by atoms with E-state index in [2.05, 4.69) is 44.5 Å². The Bertz CT molecular complexity index is 1770. The Kier molecular flexibility index (Phi) is 4.26. The topological polar surface area (TPSA) is 83.6 Å². The van der Waals surface area contributed by atoms with Crippen molar-refractivity contribution in [3.63, 3.8) is 0 Å². The molecule has 0 radical (unpaired) electrons.